The van der Waals surface area contributed by atoms with Crippen molar-refractivity contribution in [1.29, 1.82) is 0 Å². The van der Waals surface area contributed by atoms with Gasteiger partial charge in [0.05, 0.1) is 0 Å². The highest BCUT2D eigenvalue weighted by Crippen LogP contribution is 2.14. The molecule has 0 aliphatic rings. The van der Waals surface area contributed by atoms with Crippen molar-refractivity contribution in [1.82, 2.24) is 0 Å². The maximum Gasteiger partial charge on any atom is 0.306 e. The van der Waals surface area contributed by atoms with Gasteiger partial charge in [0.2, 0.25) is 0 Å². The largest absolute Gasteiger partial charge is 0.462 e. The first-order valence-corrected chi connectivity index (χ1v) is 29.7. The van der Waals surface area contributed by atoms with Crippen LogP contribution >= 0.6 is 0 Å². The number of carbonyl (C=O) groups excluding carboxylic acids is 3. The number of unbranched alkanes of at least 4 members (excludes halogenated alkanes) is 19. The number of rotatable bonds is 52. The first kappa shape index (κ1) is 68.6. The van der Waals surface area contributed by atoms with Crippen LogP contribution in [0.15, 0.2) is 134 Å². The molecule has 0 bridgehead atoms. The summed E-state index contributed by atoms with van der Waals surface area (Å²) >= 11 is 0. The summed E-state index contributed by atoms with van der Waals surface area (Å²) < 4.78 is 16.8. The van der Waals surface area contributed by atoms with Crippen molar-refractivity contribution in [3.05, 3.63) is 134 Å². The van der Waals surface area contributed by atoms with Gasteiger partial charge in [0.25, 0.3) is 0 Å². The van der Waals surface area contributed by atoms with Crippen molar-refractivity contribution in [3.63, 3.8) is 0 Å². The smallest absolute Gasteiger partial charge is 0.306 e. The van der Waals surface area contributed by atoms with Crippen LogP contribution in [-0.4, -0.2) is 37.2 Å². The Bertz CT molecular complexity index is 1580. The molecule has 73 heavy (non-hydrogen) atoms. The molecule has 412 valence electrons. The van der Waals surface area contributed by atoms with Crippen LogP contribution in [0.1, 0.15) is 252 Å². The molecular weight excluding hydrogens is 901 g/mol. The minimum absolute atomic E-state index is 0.111. The minimum atomic E-state index is -0.820. The monoisotopic (exact) mass is 1010 g/mol. The minimum Gasteiger partial charge on any atom is -0.462 e. The lowest BCUT2D eigenvalue weighted by atomic mass is 10.0. The Balaban J connectivity index is 4.36. The van der Waals surface area contributed by atoms with Crippen molar-refractivity contribution in [2.75, 3.05) is 13.2 Å². The number of ether oxygens (including phenoxy) is 3. The lowest BCUT2D eigenvalue weighted by Gasteiger charge is -2.18. The van der Waals surface area contributed by atoms with E-state index >= 15 is 0 Å². The van der Waals surface area contributed by atoms with Gasteiger partial charge in [-0.25, -0.2) is 0 Å². The van der Waals surface area contributed by atoms with Gasteiger partial charge in [-0.15, -0.1) is 0 Å². The zero-order valence-electron chi connectivity index (χ0n) is 47.1. The summed E-state index contributed by atoms with van der Waals surface area (Å²) in [6, 6.07) is 0. The summed E-state index contributed by atoms with van der Waals surface area (Å²) in [4.78, 5) is 38.1. The molecule has 1 unspecified atom stereocenters. The van der Waals surface area contributed by atoms with E-state index in [2.05, 4.69) is 142 Å². The number of esters is 3. The van der Waals surface area contributed by atoms with Gasteiger partial charge < -0.3 is 14.2 Å². The van der Waals surface area contributed by atoms with Crippen molar-refractivity contribution < 1.29 is 28.6 Å². The summed E-state index contributed by atoms with van der Waals surface area (Å²) in [5.41, 5.74) is 0. The molecule has 0 spiro atoms. The molecule has 0 radical (unpaired) electrons. The van der Waals surface area contributed by atoms with Crippen LogP contribution in [0.5, 0.6) is 0 Å². The van der Waals surface area contributed by atoms with E-state index in [9.17, 15) is 14.4 Å². The van der Waals surface area contributed by atoms with E-state index in [1.807, 2.05) is 12.2 Å². The molecule has 0 rings (SSSR count). The highest BCUT2D eigenvalue weighted by atomic mass is 16.6. The van der Waals surface area contributed by atoms with Crippen LogP contribution < -0.4 is 0 Å². The zero-order chi connectivity index (χ0) is 52.9. The maximum atomic E-state index is 12.8. The van der Waals surface area contributed by atoms with Gasteiger partial charge in [-0.1, -0.05) is 244 Å². The van der Waals surface area contributed by atoms with Gasteiger partial charge in [0.15, 0.2) is 6.10 Å². The third kappa shape index (κ3) is 58.3. The van der Waals surface area contributed by atoms with E-state index in [0.29, 0.717) is 19.3 Å². The standard InChI is InChI=1S/C67H108O6/c1-4-7-10-13-16-19-22-25-27-28-29-30-31-32-33-34-35-36-37-38-40-42-45-48-51-54-57-60-66(69)72-63-64(62-71-65(68)59-56-53-50-47-44-41-24-21-18-15-12-9-6-3)73-67(70)61-58-55-52-49-46-43-39-26-23-20-17-14-11-8-5-2/h7,9-10,12,16-21,25-27,29-30,32-33,39,41,44,50,53,64H,4-6,8,11,13-15,22-24,28,31,34-38,40,42-43,45-49,51-52,54-63H2,1-3H3/b10-7-,12-9-,19-16-,20-17-,21-18-,27-25-,30-29-,33-32-,39-26-,44-41-,53-50-. The van der Waals surface area contributed by atoms with Crippen LogP contribution in [-0.2, 0) is 28.6 Å². The van der Waals surface area contributed by atoms with Gasteiger partial charge >= 0.3 is 17.9 Å². The fraction of sp³-hybridized carbons (Fsp3) is 0.627. The molecule has 0 aromatic rings. The average Bonchev–Trinajstić information content (AvgIpc) is 3.39. The quantitative estimate of drug-likeness (QED) is 0.0261. The van der Waals surface area contributed by atoms with Crippen LogP contribution in [0, 0.1) is 0 Å². The van der Waals surface area contributed by atoms with Crippen molar-refractivity contribution in [2.45, 2.75) is 258 Å². The van der Waals surface area contributed by atoms with Crippen molar-refractivity contribution >= 4 is 17.9 Å². The van der Waals surface area contributed by atoms with Gasteiger partial charge in [0.1, 0.15) is 13.2 Å². The lowest BCUT2D eigenvalue weighted by molar-refractivity contribution is -0.166. The average molecular weight is 1010 g/mol. The summed E-state index contributed by atoms with van der Waals surface area (Å²) in [6.07, 6.45) is 84.6. The fourth-order valence-corrected chi connectivity index (χ4v) is 7.75. The highest BCUT2D eigenvalue weighted by molar-refractivity contribution is 5.71. The number of carbonyl (C=O) groups is 3. The molecule has 0 saturated heterocycles. The molecule has 0 aromatic heterocycles. The molecule has 0 aliphatic carbocycles. The van der Waals surface area contributed by atoms with E-state index in [1.54, 1.807) is 0 Å². The molecule has 0 saturated carbocycles. The van der Waals surface area contributed by atoms with Crippen LogP contribution in [0.2, 0.25) is 0 Å². The molecule has 0 aromatic carbocycles. The van der Waals surface area contributed by atoms with Gasteiger partial charge in [-0.3, -0.25) is 14.4 Å². The molecule has 1 atom stereocenters. The Morgan fingerprint density at radius 3 is 0.918 bits per heavy atom. The second-order valence-electron chi connectivity index (χ2n) is 19.1. The van der Waals surface area contributed by atoms with Crippen molar-refractivity contribution in [2.24, 2.45) is 0 Å². The van der Waals surface area contributed by atoms with Gasteiger partial charge in [0, 0.05) is 19.3 Å². The Morgan fingerprint density at radius 2 is 0.562 bits per heavy atom. The maximum absolute atomic E-state index is 12.8. The SMILES string of the molecule is CC/C=C\C/C=C\C/C=C\C/C=C\C/C=C\CCCCCCCCCCCCCC(=O)OCC(COC(=O)CC/C=C\C/C=C\C/C=C\C/C=C\CC)OC(=O)CCCCCCC/C=C\C/C=C\CCCCC. The predicted octanol–water partition coefficient (Wildman–Crippen LogP) is 20.2. The number of hydrogen-bond acceptors (Lipinski definition) is 6. The molecule has 6 heteroatoms. The first-order chi connectivity index (χ1) is 36.0. The third-order valence-corrected chi connectivity index (χ3v) is 12.1. The Labute approximate surface area is 449 Å². The van der Waals surface area contributed by atoms with E-state index in [0.717, 1.165) is 122 Å². The van der Waals surface area contributed by atoms with Gasteiger partial charge in [-0.05, 0) is 122 Å². The van der Waals surface area contributed by atoms with Crippen LogP contribution in [0.3, 0.4) is 0 Å². The van der Waals surface area contributed by atoms with E-state index < -0.39 is 6.10 Å². The Kier molecular flexibility index (Phi) is 56.4. The predicted molar refractivity (Wildman–Crippen MR) is 316 cm³/mol. The zero-order valence-corrected chi connectivity index (χ0v) is 47.1. The molecule has 0 heterocycles. The molecule has 0 aliphatic heterocycles. The topological polar surface area (TPSA) is 78.9 Å². The second-order valence-corrected chi connectivity index (χ2v) is 19.1. The van der Waals surface area contributed by atoms with Crippen LogP contribution in [0.4, 0.5) is 0 Å². The van der Waals surface area contributed by atoms with Crippen molar-refractivity contribution in [3.8, 4) is 0 Å². The van der Waals surface area contributed by atoms with E-state index in [4.69, 9.17) is 14.2 Å². The molecule has 6 nitrogen and oxygen atoms in total. The van der Waals surface area contributed by atoms with Crippen LogP contribution in [0.25, 0.3) is 0 Å². The van der Waals surface area contributed by atoms with E-state index in [1.165, 1.54) is 83.5 Å². The fourth-order valence-electron chi connectivity index (χ4n) is 7.75. The number of hydrogen-bond donors (Lipinski definition) is 0. The highest BCUT2D eigenvalue weighted by Gasteiger charge is 2.19. The summed E-state index contributed by atoms with van der Waals surface area (Å²) in [5, 5.41) is 0. The first-order valence-electron chi connectivity index (χ1n) is 29.7. The second kappa shape index (κ2) is 60.1. The Hall–Kier alpha value is -4.45. The summed E-state index contributed by atoms with van der Waals surface area (Å²) in [6.45, 7) is 6.30. The summed E-state index contributed by atoms with van der Waals surface area (Å²) in [7, 11) is 0. The Morgan fingerprint density at radius 1 is 0.288 bits per heavy atom. The third-order valence-electron chi connectivity index (χ3n) is 12.1. The molecular formula is C67H108O6. The molecule has 0 fully saturated rings. The normalized spacial score (nSPS) is 13.1. The number of allylic oxidation sites excluding steroid dienone is 22. The molecule has 0 amide bonds. The lowest BCUT2D eigenvalue weighted by Crippen LogP contribution is -2.30. The van der Waals surface area contributed by atoms with E-state index in [-0.39, 0.29) is 37.5 Å². The molecule has 0 N–H and O–H groups in total. The summed E-state index contributed by atoms with van der Waals surface area (Å²) in [5.74, 6) is -1.02. The van der Waals surface area contributed by atoms with Gasteiger partial charge in [-0.2, -0.15) is 0 Å².